The van der Waals surface area contributed by atoms with Crippen molar-refractivity contribution in [1.29, 1.82) is 0 Å². The van der Waals surface area contributed by atoms with E-state index < -0.39 is 23.1 Å². The third-order valence-corrected chi connectivity index (χ3v) is 8.11. The van der Waals surface area contributed by atoms with Crippen LogP contribution in [0.3, 0.4) is 0 Å². The monoisotopic (exact) mass is 473 g/mol. The highest BCUT2D eigenvalue weighted by atomic mass is 19.4. The molecule has 4 aliphatic rings. The third-order valence-electron chi connectivity index (χ3n) is 8.11. The molecule has 2 heterocycles. The summed E-state index contributed by atoms with van der Waals surface area (Å²) in [5, 5.41) is 14.7. The Balaban J connectivity index is 1.24. The lowest BCUT2D eigenvalue weighted by Gasteiger charge is -2.34. The molecule has 2 aromatic carbocycles. The largest absolute Gasteiger partial charge is 0.489 e. The maximum atomic E-state index is 13.8. The van der Waals surface area contributed by atoms with Crippen molar-refractivity contribution in [3.8, 4) is 5.75 Å². The smallest absolute Gasteiger partial charge is 0.416 e. The summed E-state index contributed by atoms with van der Waals surface area (Å²) in [6.45, 7) is -0.0264. The molecular weight excluding hydrogens is 447 g/mol. The number of carbonyl (C=O) groups excluding carboxylic acids is 1. The quantitative estimate of drug-likeness (QED) is 0.565. The van der Waals surface area contributed by atoms with Crippen LogP contribution in [0.25, 0.3) is 0 Å². The van der Waals surface area contributed by atoms with E-state index in [9.17, 15) is 23.1 Å². The second-order valence-corrected chi connectivity index (χ2v) is 10.0. The van der Waals surface area contributed by atoms with Crippen molar-refractivity contribution in [2.75, 3.05) is 5.32 Å². The number of ether oxygens (including phenoxy) is 2. The van der Waals surface area contributed by atoms with Gasteiger partial charge in [-0.15, -0.1) is 0 Å². The number of hydrogen-bond acceptors (Lipinski definition) is 5. The van der Waals surface area contributed by atoms with Gasteiger partial charge in [0.05, 0.1) is 12.0 Å². The number of benzene rings is 2. The Kier molecular flexibility index (Phi) is 4.72. The average molecular weight is 473 g/mol. The van der Waals surface area contributed by atoms with Gasteiger partial charge in [0, 0.05) is 17.2 Å². The molecule has 0 bridgehead atoms. The Hall–Kier alpha value is -2.74. The molecule has 2 aromatic rings. The number of halogens is 3. The van der Waals surface area contributed by atoms with Gasteiger partial charge >= 0.3 is 12.1 Å². The number of alkyl halides is 3. The maximum absolute atomic E-state index is 13.8. The van der Waals surface area contributed by atoms with E-state index in [1.807, 2.05) is 0 Å². The number of carbonyl (C=O) groups is 1. The number of fused-ring (bicyclic) bond motifs is 2. The van der Waals surface area contributed by atoms with Crippen LogP contribution in [0.1, 0.15) is 73.1 Å². The van der Waals surface area contributed by atoms with Crippen LogP contribution in [0.2, 0.25) is 0 Å². The first kappa shape index (κ1) is 21.8. The lowest BCUT2D eigenvalue weighted by atomic mass is 9.87. The van der Waals surface area contributed by atoms with E-state index in [4.69, 9.17) is 9.47 Å². The number of hydrogen-bond donors (Lipinski definition) is 2. The average Bonchev–Trinajstić information content (AvgIpc) is 3.53. The van der Waals surface area contributed by atoms with Gasteiger partial charge in [-0.05, 0) is 67.0 Å². The molecule has 3 fully saturated rings. The normalized spacial score (nSPS) is 30.0. The third kappa shape index (κ3) is 3.14. The van der Waals surface area contributed by atoms with Crippen LogP contribution in [0.15, 0.2) is 36.4 Å². The fourth-order valence-electron chi connectivity index (χ4n) is 6.47. The van der Waals surface area contributed by atoms with E-state index in [-0.39, 0.29) is 30.8 Å². The SMILES string of the molecule is O=C1C[C@H]2CC[C@]3(O)c4cc(OCc5ccc(C6CCCC6)c(C(F)(F)F)c5)ccc4N[C@]23O1. The first-order valence-electron chi connectivity index (χ1n) is 11.9. The molecule has 1 spiro atoms. The minimum atomic E-state index is -4.41. The predicted octanol–water partition coefficient (Wildman–Crippen LogP) is 5.61. The number of anilines is 1. The molecule has 3 atom stereocenters. The van der Waals surface area contributed by atoms with Crippen molar-refractivity contribution in [3.05, 3.63) is 58.7 Å². The highest BCUT2D eigenvalue weighted by Crippen LogP contribution is 2.62. The van der Waals surface area contributed by atoms with Crippen LogP contribution in [0.5, 0.6) is 5.75 Å². The van der Waals surface area contributed by atoms with Crippen LogP contribution >= 0.6 is 0 Å². The van der Waals surface area contributed by atoms with E-state index in [1.54, 1.807) is 30.3 Å². The Morgan fingerprint density at radius 1 is 1.12 bits per heavy atom. The number of esters is 1. The maximum Gasteiger partial charge on any atom is 0.416 e. The topological polar surface area (TPSA) is 67.8 Å². The van der Waals surface area contributed by atoms with E-state index in [2.05, 4.69) is 5.32 Å². The molecule has 0 unspecified atom stereocenters. The van der Waals surface area contributed by atoms with Crippen molar-refractivity contribution in [1.82, 2.24) is 0 Å². The molecule has 2 saturated carbocycles. The van der Waals surface area contributed by atoms with Crippen LogP contribution in [0.4, 0.5) is 18.9 Å². The zero-order chi connectivity index (χ0) is 23.7. The molecule has 6 rings (SSSR count). The molecule has 0 amide bonds. The lowest BCUT2D eigenvalue weighted by molar-refractivity contribution is -0.168. The van der Waals surface area contributed by atoms with E-state index in [0.29, 0.717) is 41.0 Å². The summed E-state index contributed by atoms with van der Waals surface area (Å²) >= 11 is 0. The highest BCUT2D eigenvalue weighted by Gasteiger charge is 2.70. The minimum absolute atomic E-state index is 0.0264. The molecule has 1 saturated heterocycles. The summed E-state index contributed by atoms with van der Waals surface area (Å²) in [6, 6.07) is 9.66. The summed E-state index contributed by atoms with van der Waals surface area (Å²) in [4.78, 5) is 11.9. The zero-order valence-corrected chi connectivity index (χ0v) is 18.6. The minimum Gasteiger partial charge on any atom is -0.489 e. The fraction of sp³-hybridized carbons (Fsp3) is 0.500. The molecular formula is C26H26F3NO4. The van der Waals surface area contributed by atoms with Gasteiger partial charge in [0.15, 0.2) is 5.60 Å². The lowest BCUT2D eigenvalue weighted by Crippen LogP contribution is -2.51. The van der Waals surface area contributed by atoms with Crippen LogP contribution in [-0.2, 0) is 27.9 Å². The second kappa shape index (κ2) is 7.38. The van der Waals surface area contributed by atoms with Gasteiger partial charge in [-0.1, -0.05) is 25.0 Å². The van der Waals surface area contributed by atoms with Crippen LogP contribution < -0.4 is 10.1 Å². The molecule has 34 heavy (non-hydrogen) atoms. The van der Waals surface area contributed by atoms with Crippen LogP contribution in [0, 0.1) is 5.92 Å². The van der Waals surface area contributed by atoms with Crippen molar-refractivity contribution >= 4 is 11.7 Å². The summed E-state index contributed by atoms with van der Waals surface area (Å²) in [6.07, 6.45) is 0.485. The number of aliphatic hydroxyl groups is 1. The highest BCUT2D eigenvalue weighted by molar-refractivity contribution is 5.77. The first-order valence-corrected chi connectivity index (χ1v) is 11.9. The van der Waals surface area contributed by atoms with Gasteiger partial charge in [0.25, 0.3) is 0 Å². The molecule has 8 heteroatoms. The Labute approximate surface area is 195 Å². The molecule has 180 valence electrons. The van der Waals surface area contributed by atoms with E-state index in [1.165, 1.54) is 6.07 Å². The molecule has 5 nitrogen and oxygen atoms in total. The molecule has 0 aromatic heterocycles. The Bertz CT molecular complexity index is 1160. The predicted molar refractivity (Wildman–Crippen MR) is 117 cm³/mol. The number of nitrogens with one attached hydrogen (secondary N) is 1. The summed E-state index contributed by atoms with van der Waals surface area (Å²) in [7, 11) is 0. The summed E-state index contributed by atoms with van der Waals surface area (Å²) in [5.41, 5.74) is -0.993. The number of rotatable bonds is 4. The van der Waals surface area contributed by atoms with Gasteiger partial charge in [-0.2, -0.15) is 13.2 Å². The summed E-state index contributed by atoms with van der Waals surface area (Å²) < 4.78 is 52.8. The van der Waals surface area contributed by atoms with E-state index in [0.717, 1.165) is 25.7 Å². The fourth-order valence-corrected chi connectivity index (χ4v) is 6.47. The second-order valence-electron chi connectivity index (χ2n) is 10.0. The van der Waals surface area contributed by atoms with Gasteiger partial charge in [-0.25, -0.2) is 0 Å². The standard InChI is InChI=1S/C26H26F3NO4/c27-26(28,29)20-11-15(5-7-19(20)16-3-1-2-4-16)14-33-18-6-8-22-21(13-18)24(32)10-9-17-12-23(31)34-25(17,24)30-22/h5-8,11,13,16-17,30,32H,1-4,9-10,12,14H2/t17-,24+,25+/m1/s1. The molecule has 2 N–H and O–H groups in total. The van der Waals surface area contributed by atoms with Crippen LogP contribution in [-0.4, -0.2) is 16.8 Å². The van der Waals surface area contributed by atoms with Gasteiger partial charge in [0.2, 0.25) is 5.72 Å². The van der Waals surface area contributed by atoms with Gasteiger partial charge < -0.3 is 19.9 Å². The van der Waals surface area contributed by atoms with Crippen molar-refractivity contribution in [2.45, 2.75) is 75.0 Å². The van der Waals surface area contributed by atoms with Crippen molar-refractivity contribution < 1.29 is 32.5 Å². The molecule has 2 aliphatic heterocycles. The molecule has 0 radical (unpaired) electrons. The summed E-state index contributed by atoms with van der Waals surface area (Å²) in [5.74, 6) is -0.0432. The van der Waals surface area contributed by atoms with E-state index >= 15 is 0 Å². The van der Waals surface area contributed by atoms with Crippen molar-refractivity contribution in [3.63, 3.8) is 0 Å². The van der Waals surface area contributed by atoms with Gasteiger partial charge in [0.1, 0.15) is 12.4 Å². The van der Waals surface area contributed by atoms with Crippen molar-refractivity contribution in [2.24, 2.45) is 5.92 Å². The Morgan fingerprint density at radius 2 is 1.91 bits per heavy atom. The zero-order valence-electron chi connectivity index (χ0n) is 18.6. The molecule has 2 aliphatic carbocycles. The Morgan fingerprint density at radius 3 is 2.68 bits per heavy atom. The van der Waals surface area contributed by atoms with Gasteiger partial charge in [-0.3, -0.25) is 4.79 Å². The first-order chi connectivity index (χ1) is 16.2.